The number of hydrogen-bond donors (Lipinski definition) is 0. The third-order valence-electron chi connectivity index (χ3n) is 1.87. The van der Waals surface area contributed by atoms with Crippen molar-refractivity contribution in [3.63, 3.8) is 0 Å². The van der Waals surface area contributed by atoms with Crippen LogP contribution in [0.15, 0.2) is 0 Å². The normalized spacial score (nSPS) is 11.0. The smallest absolute Gasteiger partial charge is 0.275 e. The SMILES string of the molecule is C[CH-][PH+](CC)OC.C[CH-][PH+](CC)OC.[Rb+].[Rb+].[Rf].[Rf]. The summed E-state index contributed by atoms with van der Waals surface area (Å²) in [5, 5.41) is 0. The standard InChI is InChI=1S/2C5H13OP.2Rb.2Rf/c2*1-4-7(5-2)6-3;;;;/h2*4,7H,5H2,1-3H3;;;;/q;;2*+1;;. The predicted octanol–water partition coefficient (Wildman–Crippen LogP) is -2.06. The summed E-state index contributed by atoms with van der Waals surface area (Å²) >= 11 is 0. The average Bonchev–Trinajstić information content (AvgIpc) is 2.24. The third-order valence-corrected chi connectivity index (χ3v) is 5.60. The fourth-order valence-electron chi connectivity index (χ4n) is 0.933. The van der Waals surface area contributed by atoms with Gasteiger partial charge >= 0.3 is 116 Å². The van der Waals surface area contributed by atoms with E-state index in [1.807, 2.05) is 0 Å². The van der Waals surface area contributed by atoms with E-state index in [0.717, 1.165) is 0 Å². The molecule has 0 aliphatic heterocycles. The first kappa shape index (κ1) is 37.0. The summed E-state index contributed by atoms with van der Waals surface area (Å²) in [5.41, 5.74) is 0. The van der Waals surface area contributed by atoms with Gasteiger partial charge in [-0.15, -0.1) is 12.3 Å². The van der Waals surface area contributed by atoms with Crippen molar-refractivity contribution in [1.29, 1.82) is 0 Å². The molecular formula is C10H26O2P2Rb2Rf2+2. The molecule has 0 heterocycles. The van der Waals surface area contributed by atoms with Crippen molar-refractivity contribution >= 4 is 16.3 Å². The van der Waals surface area contributed by atoms with Gasteiger partial charge in [0.25, 0.3) is 0 Å². The molecular weight excluding hydrogens is 919 g/mol. The molecule has 0 saturated heterocycles. The summed E-state index contributed by atoms with van der Waals surface area (Å²) in [6, 6.07) is 0. The van der Waals surface area contributed by atoms with Crippen LogP contribution in [0.5, 0.6) is 0 Å². The van der Waals surface area contributed by atoms with Crippen molar-refractivity contribution in [2.75, 3.05) is 26.5 Å². The minimum absolute atomic E-state index is 0. The maximum atomic E-state index is 5.09. The molecule has 2 unspecified atom stereocenters. The van der Waals surface area contributed by atoms with E-state index in [1.54, 1.807) is 14.2 Å². The monoisotopic (exact) mass is 944 g/mol. The fourth-order valence-corrected chi connectivity index (χ4v) is 2.80. The summed E-state index contributed by atoms with van der Waals surface area (Å²) in [5.74, 6) is 0. The second-order valence-electron chi connectivity index (χ2n) is 2.63. The van der Waals surface area contributed by atoms with Gasteiger partial charge in [-0.1, -0.05) is 0 Å². The van der Waals surface area contributed by atoms with Crippen LogP contribution >= 0.6 is 16.3 Å². The van der Waals surface area contributed by atoms with E-state index in [9.17, 15) is 0 Å². The second-order valence-corrected chi connectivity index (χ2v) is 7.88. The van der Waals surface area contributed by atoms with Gasteiger partial charge in [-0.3, -0.25) is 9.05 Å². The Bertz CT molecular complexity index is 88.9. The van der Waals surface area contributed by atoms with Crippen LogP contribution in [0.3, 0.4) is 0 Å². The molecule has 0 aromatic carbocycles. The Kier molecular flexibility index (Phi) is 65.1. The predicted molar refractivity (Wildman–Crippen MR) is 71.7 cm³/mol. The first-order chi connectivity index (χ1) is 6.69. The van der Waals surface area contributed by atoms with E-state index in [1.165, 1.54) is 12.3 Å². The van der Waals surface area contributed by atoms with Crippen LogP contribution in [0.25, 0.3) is 0 Å². The molecule has 0 rings (SSSR count). The van der Waals surface area contributed by atoms with E-state index >= 15 is 0 Å². The average molecular weight is 945 g/mol. The molecule has 8 heteroatoms. The largest absolute Gasteiger partial charge is 1.00 e. The summed E-state index contributed by atoms with van der Waals surface area (Å²) < 4.78 is 10.2. The Hall–Kier alpha value is 2.39. The summed E-state index contributed by atoms with van der Waals surface area (Å²) in [7, 11) is 2.58. The summed E-state index contributed by atoms with van der Waals surface area (Å²) in [4.78, 5) is 0. The molecule has 0 aliphatic rings. The van der Waals surface area contributed by atoms with Crippen molar-refractivity contribution < 1.29 is 125 Å². The van der Waals surface area contributed by atoms with E-state index in [-0.39, 0.29) is 116 Å². The molecule has 2 nitrogen and oxygen atoms in total. The van der Waals surface area contributed by atoms with E-state index in [0.29, 0.717) is 0 Å². The number of hydrogen-bond acceptors (Lipinski definition) is 2. The van der Waals surface area contributed by atoms with Crippen molar-refractivity contribution in [2.24, 2.45) is 0 Å². The Balaban J connectivity index is -0.0000000327. The quantitative estimate of drug-likeness (QED) is 0.226. The van der Waals surface area contributed by atoms with Crippen LogP contribution < -0.4 is 116 Å². The molecule has 2 atom stereocenters. The molecule has 0 spiro atoms. The van der Waals surface area contributed by atoms with Crippen LogP contribution in [0.4, 0.5) is 0 Å². The Morgan fingerprint density at radius 3 is 1.00 bits per heavy atom. The molecule has 92 valence electrons. The van der Waals surface area contributed by atoms with Gasteiger partial charge < -0.3 is 0 Å². The summed E-state index contributed by atoms with van der Waals surface area (Å²) in [6.07, 6.45) is 6.67. The van der Waals surface area contributed by atoms with E-state index < -0.39 is 16.3 Å². The second kappa shape index (κ2) is 31.7. The van der Waals surface area contributed by atoms with Gasteiger partial charge in [-0.25, -0.2) is 0 Å². The van der Waals surface area contributed by atoms with Gasteiger partial charge in [-0.2, -0.15) is 13.8 Å². The molecule has 18 heavy (non-hydrogen) atoms. The van der Waals surface area contributed by atoms with Crippen LogP contribution in [0.1, 0.15) is 27.7 Å². The fraction of sp³-hybridized carbons (Fsp3) is 0.800. The Morgan fingerprint density at radius 2 is 1.00 bits per heavy atom. The first-order valence-corrected chi connectivity index (χ1v) is 8.46. The zero-order valence-electron chi connectivity index (χ0n) is 13.8. The zero-order chi connectivity index (χ0) is 11.4. The van der Waals surface area contributed by atoms with Crippen molar-refractivity contribution in [2.45, 2.75) is 27.7 Å². The maximum Gasteiger partial charge on any atom is 1.00 e. The molecule has 0 amide bonds. The van der Waals surface area contributed by atoms with Gasteiger partial charge in [0.1, 0.15) is 0 Å². The van der Waals surface area contributed by atoms with Crippen molar-refractivity contribution in [1.82, 2.24) is 0 Å². The minimum atomic E-state index is -0.488. The van der Waals surface area contributed by atoms with Crippen molar-refractivity contribution in [3.05, 3.63) is 12.3 Å². The maximum absolute atomic E-state index is 5.09. The summed E-state index contributed by atoms with van der Waals surface area (Å²) in [6.45, 7) is 8.41. The Morgan fingerprint density at radius 1 is 0.778 bits per heavy atom. The molecule has 0 N–H and O–H groups in total. The van der Waals surface area contributed by atoms with Crippen LogP contribution in [0, 0.1) is 12.3 Å². The topological polar surface area (TPSA) is 18.5 Å². The van der Waals surface area contributed by atoms with Gasteiger partial charge in [0.05, 0.1) is 26.5 Å². The first-order valence-electron chi connectivity index (χ1n) is 5.08. The molecule has 0 fully saturated rings. The van der Waals surface area contributed by atoms with Crippen LogP contribution in [0.2, 0.25) is 0 Å². The Labute approximate surface area is 203 Å². The molecule has 0 bridgehead atoms. The van der Waals surface area contributed by atoms with Crippen LogP contribution in [-0.2, 0) is 9.05 Å². The van der Waals surface area contributed by atoms with Gasteiger partial charge in [-0.05, 0) is 13.8 Å². The van der Waals surface area contributed by atoms with Gasteiger partial charge in [0.15, 0.2) is 0 Å². The van der Waals surface area contributed by atoms with Gasteiger partial charge in [0, 0.05) is 16.3 Å². The molecule has 0 saturated carbocycles. The molecule has 0 radical (unpaired) electrons. The van der Waals surface area contributed by atoms with Crippen LogP contribution in [-0.4, -0.2) is 26.5 Å². The molecule has 0 aliphatic carbocycles. The van der Waals surface area contributed by atoms with E-state index in [2.05, 4.69) is 40.0 Å². The minimum Gasteiger partial charge on any atom is -0.275 e. The number of rotatable bonds is 6. The molecule has 0 aromatic heterocycles. The zero-order valence-corrected chi connectivity index (χ0v) is 38.4. The van der Waals surface area contributed by atoms with Crippen molar-refractivity contribution in [3.8, 4) is 0 Å². The van der Waals surface area contributed by atoms with E-state index in [4.69, 9.17) is 9.05 Å². The van der Waals surface area contributed by atoms with Gasteiger partial charge in [0.2, 0.25) is 0 Å². The molecule has 0 aromatic rings. The third kappa shape index (κ3) is 26.9.